The summed E-state index contributed by atoms with van der Waals surface area (Å²) in [4.78, 5) is 12.3. The fraction of sp³-hybridized carbons (Fsp3) is 0.250. The zero-order valence-electron chi connectivity index (χ0n) is 14.6. The Kier molecular flexibility index (Phi) is 5.42. The average Bonchev–Trinajstić information content (AvgIpc) is 3.14. The van der Waals surface area contributed by atoms with Crippen LogP contribution in [0.5, 0.6) is 0 Å². The van der Waals surface area contributed by atoms with Gasteiger partial charge in [-0.3, -0.25) is 9.10 Å². The molecule has 0 fully saturated rings. The highest BCUT2D eigenvalue weighted by Gasteiger charge is 2.22. The third kappa shape index (κ3) is 4.14. The number of carbonyl (C=O) groups excluding carboxylic acids is 1. The van der Waals surface area contributed by atoms with Crippen molar-refractivity contribution in [2.75, 3.05) is 16.7 Å². The van der Waals surface area contributed by atoms with Gasteiger partial charge in [0.1, 0.15) is 0 Å². The van der Waals surface area contributed by atoms with Gasteiger partial charge in [0, 0.05) is 19.2 Å². The molecule has 3 rings (SSSR count). The highest BCUT2D eigenvalue weighted by atomic mass is 32.2. The van der Waals surface area contributed by atoms with Crippen molar-refractivity contribution in [3.63, 3.8) is 0 Å². The Bertz CT molecular complexity index is 908. The van der Waals surface area contributed by atoms with Gasteiger partial charge in [-0.05, 0) is 49.1 Å². The van der Waals surface area contributed by atoms with Gasteiger partial charge < -0.3 is 5.32 Å². The maximum absolute atomic E-state index is 12.9. The van der Waals surface area contributed by atoms with Crippen molar-refractivity contribution in [2.24, 2.45) is 5.92 Å². The molecule has 1 aliphatic carbocycles. The van der Waals surface area contributed by atoms with Crippen molar-refractivity contribution >= 4 is 27.3 Å². The maximum Gasteiger partial charge on any atom is 0.264 e. The topological polar surface area (TPSA) is 66.5 Å². The zero-order chi connectivity index (χ0) is 18.6. The quantitative estimate of drug-likeness (QED) is 0.787. The molecule has 0 radical (unpaired) electrons. The number of nitrogens with one attached hydrogen (secondary N) is 1. The summed E-state index contributed by atoms with van der Waals surface area (Å²) in [5.41, 5.74) is 1.06. The Morgan fingerprint density at radius 2 is 1.92 bits per heavy atom. The number of amides is 1. The van der Waals surface area contributed by atoms with Gasteiger partial charge in [0.25, 0.3) is 10.0 Å². The third-order valence-electron chi connectivity index (χ3n) is 4.46. The lowest BCUT2D eigenvalue weighted by molar-refractivity contribution is -0.116. The molecule has 1 amide bonds. The second-order valence-electron chi connectivity index (χ2n) is 6.35. The molecule has 136 valence electrons. The van der Waals surface area contributed by atoms with Crippen molar-refractivity contribution in [3.05, 3.63) is 66.7 Å². The van der Waals surface area contributed by atoms with Crippen molar-refractivity contribution in [3.8, 4) is 0 Å². The minimum Gasteiger partial charge on any atom is -0.326 e. The average molecular weight is 370 g/mol. The smallest absolute Gasteiger partial charge is 0.264 e. The van der Waals surface area contributed by atoms with Crippen LogP contribution in [0.25, 0.3) is 0 Å². The summed E-state index contributed by atoms with van der Waals surface area (Å²) in [6.45, 7) is 0. The van der Waals surface area contributed by atoms with Crippen LogP contribution in [0.15, 0.2) is 71.6 Å². The minimum atomic E-state index is -3.70. The van der Waals surface area contributed by atoms with E-state index >= 15 is 0 Å². The second kappa shape index (κ2) is 7.74. The molecule has 1 aliphatic rings. The molecule has 1 N–H and O–H groups in total. The Labute approximate surface area is 154 Å². The lowest BCUT2D eigenvalue weighted by atomic mass is 10.1. The van der Waals surface area contributed by atoms with Gasteiger partial charge in [-0.15, -0.1) is 0 Å². The van der Waals surface area contributed by atoms with Crippen LogP contribution in [0.4, 0.5) is 11.4 Å². The number of benzene rings is 2. The number of para-hydroxylation sites is 1. The van der Waals surface area contributed by atoms with Gasteiger partial charge in [-0.25, -0.2) is 8.42 Å². The van der Waals surface area contributed by atoms with Gasteiger partial charge in [-0.2, -0.15) is 0 Å². The summed E-state index contributed by atoms with van der Waals surface area (Å²) in [6.07, 6.45) is 6.57. The molecule has 1 atom stereocenters. The Balaban J connectivity index is 1.75. The van der Waals surface area contributed by atoms with Crippen LogP contribution in [0.1, 0.15) is 19.3 Å². The molecule has 26 heavy (non-hydrogen) atoms. The number of hydrogen-bond donors (Lipinski definition) is 1. The number of nitrogens with zero attached hydrogens (tertiary/aromatic N) is 1. The van der Waals surface area contributed by atoms with Gasteiger partial charge in [-0.1, -0.05) is 36.4 Å². The summed E-state index contributed by atoms with van der Waals surface area (Å²) >= 11 is 0. The molecule has 0 spiro atoms. The predicted octanol–water partition coefficient (Wildman–Crippen LogP) is 3.81. The molecular formula is C20H22N2O3S. The molecule has 1 unspecified atom stereocenters. The van der Waals surface area contributed by atoms with E-state index < -0.39 is 10.0 Å². The summed E-state index contributed by atoms with van der Waals surface area (Å²) in [6, 6.07) is 15.2. The molecule has 0 heterocycles. The number of carbonyl (C=O) groups is 1. The van der Waals surface area contributed by atoms with Crippen LogP contribution in [0.2, 0.25) is 0 Å². The molecule has 0 aromatic heterocycles. The van der Waals surface area contributed by atoms with Gasteiger partial charge >= 0.3 is 0 Å². The van der Waals surface area contributed by atoms with E-state index in [1.54, 1.807) is 36.4 Å². The lowest BCUT2D eigenvalue weighted by Crippen LogP contribution is -2.26. The molecule has 5 nitrogen and oxygen atoms in total. The van der Waals surface area contributed by atoms with Crippen LogP contribution >= 0.6 is 0 Å². The van der Waals surface area contributed by atoms with E-state index in [4.69, 9.17) is 0 Å². The highest BCUT2D eigenvalue weighted by molar-refractivity contribution is 7.92. The van der Waals surface area contributed by atoms with Crippen LogP contribution in [-0.4, -0.2) is 21.4 Å². The van der Waals surface area contributed by atoms with Crippen molar-refractivity contribution in [1.29, 1.82) is 0 Å². The number of allylic oxidation sites excluding steroid dienone is 2. The van der Waals surface area contributed by atoms with Crippen molar-refractivity contribution in [1.82, 2.24) is 0 Å². The molecule has 0 bridgehead atoms. The summed E-state index contributed by atoms with van der Waals surface area (Å²) in [7, 11) is -2.19. The minimum absolute atomic E-state index is 0.104. The summed E-state index contributed by atoms with van der Waals surface area (Å²) < 4.78 is 26.9. The second-order valence-corrected chi connectivity index (χ2v) is 8.32. The number of sulfonamides is 1. The monoisotopic (exact) mass is 370 g/mol. The Hall–Kier alpha value is -2.60. The fourth-order valence-corrected chi connectivity index (χ4v) is 4.23. The number of hydrogen-bond acceptors (Lipinski definition) is 3. The first-order valence-electron chi connectivity index (χ1n) is 8.57. The van der Waals surface area contributed by atoms with Crippen molar-refractivity contribution < 1.29 is 13.2 Å². The largest absolute Gasteiger partial charge is 0.326 e. The van der Waals surface area contributed by atoms with Gasteiger partial charge in [0.15, 0.2) is 0 Å². The van der Waals surface area contributed by atoms with Crippen LogP contribution < -0.4 is 9.62 Å². The Morgan fingerprint density at radius 3 is 2.62 bits per heavy atom. The molecule has 0 saturated carbocycles. The highest BCUT2D eigenvalue weighted by Crippen LogP contribution is 2.25. The normalized spacial score (nSPS) is 16.4. The molecular weight excluding hydrogens is 348 g/mol. The number of anilines is 2. The van der Waals surface area contributed by atoms with E-state index in [1.165, 1.54) is 23.5 Å². The molecule has 0 saturated heterocycles. The van der Waals surface area contributed by atoms with E-state index in [0.29, 0.717) is 17.8 Å². The van der Waals surface area contributed by atoms with Crippen LogP contribution in [-0.2, 0) is 14.8 Å². The number of rotatable bonds is 6. The summed E-state index contributed by atoms with van der Waals surface area (Å²) in [5, 5.41) is 2.80. The maximum atomic E-state index is 12.9. The van der Waals surface area contributed by atoms with E-state index in [1.807, 2.05) is 6.07 Å². The van der Waals surface area contributed by atoms with E-state index in [9.17, 15) is 13.2 Å². The fourth-order valence-electron chi connectivity index (χ4n) is 2.98. The molecule has 0 aliphatic heterocycles. The Morgan fingerprint density at radius 1 is 1.15 bits per heavy atom. The summed E-state index contributed by atoms with van der Waals surface area (Å²) in [5.74, 6) is 0.165. The predicted molar refractivity (Wildman–Crippen MR) is 104 cm³/mol. The SMILES string of the molecule is CN(c1ccccc1)S(=O)(=O)c1cccc(NC(=O)CC2C=CCC2)c1. The van der Waals surface area contributed by atoms with E-state index in [0.717, 1.165) is 12.8 Å². The van der Waals surface area contributed by atoms with E-state index in [-0.39, 0.29) is 16.7 Å². The van der Waals surface area contributed by atoms with Crippen LogP contribution in [0.3, 0.4) is 0 Å². The standard InChI is InChI=1S/C20H22N2O3S/c1-22(18-11-3-2-4-12-18)26(24,25)19-13-7-10-17(15-19)21-20(23)14-16-8-5-6-9-16/h2-5,7-8,10-13,15-16H,6,9,14H2,1H3,(H,21,23). The molecule has 2 aromatic carbocycles. The molecule has 6 heteroatoms. The molecule has 2 aromatic rings. The van der Waals surface area contributed by atoms with Gasteiger partial charge in [0.05, 0.1) is 10.6 Å². The van der Waals surface area contributed by atoms with Gasteiger partial charge in [0.2, 0.25) is 5.91 Å². The van der Waals surface area contributed by atoms with Crippen LogP contribution in [0, 0.1) is 5.92 Å². The first-order chi connectivity index (χ1) is 12.5. The third-order valence-corrected chi connectivity index (χ3v) is 6.24. The first-order valence-corrected chi connectivity index (χ1v) is 10.0. The van der Waals surface area contributed by atoms with Crippen molar-refractivity contribution in [2.45, 2.75) is 24.2 Å². The van der Waals surface area contributed by atoms with E-state index in [2.05, 4.69) is 17.5 Å². The first kappa shape index (κ1) is 18.2. The lowest BCUT2D eigenvalue weighted by Gasteiger charge is -2.20. The zero-order valence-corrected chi connectivity index (χ0v) is 15.4.